The molecule has 0 aromatic carbocycles. The van der Waals surface area contributed by atoms with Gasteiger partial charge in [-0.2, -0.15) is 0 Å². The van der Waals surface area contributed by atoms with Gasteiger partial charge in [0.15, 0.2) is 0 Å². The molecule has 2 rings (SSSR count). The van der Waals surface area contributed by atoms with Gasteiger partial charge in [0.2, 0.25) is 0 Å². The second-order valence-corrected chi connectivity index (χ2v) is 9.15. The Labute approximate surface area is 115 Å². The van der Waals surface area contributed by atoms with Crippen LogP contribution in [0.25, 0.3) is 0 Å². The molecule has 94 valence electrons. The van der Waals surface area contributed by atoms with Gasteiger partial charge in [0, 0.05) is 5.41 Å². The molecule has 1 unspecified atom stereocenters. The van der Waals surface area contributed by atoms with Crippen LogP contribution >= 0.6 is 35.3 Å². The number of rotatable bonds is 1. The highest BCUT2D eigenvalue weighted by molar-refractivity contribution is 8.40. The first kappa shape index (κ1) is 13.4. The second-order valence-electron chi connectivity index (χ2n) is 4.81. The maximum Gasteiger partial charge on any atom is 0.344 e. The largest absolute Gasteiger partial charge is 0.465 e. The first-order valence-corrected chi connectivity index (χ1v) is 7.87. The monoisotopic (exact) mass is 288 g/mol. The molecule has 0 aromatic heterocycles. The Bertz CT molecular complexity index is 433. The fourth-order valence-electron chi connectivity index (χ4n) is 2.04. The van der Waals surface area contributed by atoms with Gasteiger partial charge in [-0.1, -0.05) is 42.9 Å². The zero-order valence-corrected chi connectivity index (χ0v) is 13.1. The summed E-state index contributed by atoms with van der Waals surface area (Å²) in [5, 5.41) is 1.94. The highest BCUT2D eigenvalue weighted by Crippen LogP contribution is 2.77. The Morgan fingerprint density at radius 1 is 1.29 bits per heavy atom. The summed E-state index contributed by atoms with van der Waals surface area (Å²) >= 11 is 5.26. The quantitative estimate of drug-likeness (QED) is 0.674. The van der Waals surface area contributed by atoms with Crippen molar-refractivity contribution in [2.24, 2.45) is 5.41 Å². The van der Waals surface area contributed by atoms with Crippen LogP contribution in [-0.4, -0.2) is 16.5 Å². The van der Waals surface area contributed by atoms with E-state index in [-0.39, 0.29) is 14.8 Å². The minimum atomic E-state index is -0.221. The first-order valence-electron chi connectivity index (χ1n) is 5.36. The molecule has 5 heteroatoms. The highest BCUT2D eigenvalue weighted by atomic mass is 32.3. The van der Waals surface area contributed by atoms with Gasteiger partial charge in [-0.3, -0.25) is 0 Å². The number of esters is 1. The lowest BCUT2D eigenvalue weighted by Crippen LogP contribution is -2.45. The molecule has 0 N–H and O–H groups in total. The minimum absolute atomic E-state index is 0.0170. The van der Waals surface area contributed by atoms with Gasteiger partial charge in [0.25, 0.3) is 0 Å². The summed E-state index contributed by atoms with van der Waals surface area (Å²) in [5.74, 6) is -0.221. The van der Waals surface area contributed by atoms with Crippen LogP contribution in [-0.2, 0) is 9.53 Å². The minimum Gasteiger partial charge on any atom is -0.465 e. The lowest BCUT2D eigenvalue weighted by Gasteiger charge is -2.54. The van der Waals surface area contributed by atoms with Gasteiger partial charge in [0.1, 0.15) is 8.32 Å². The number of hydrogen-bond donors (Lipinski definition) is 0. The van der Waals surface area contributed by atoms with E-state index < -0.39 is 0 Å². The summed E-state index contributed by atoms with van der Waals surface area (Å²) in [5.41, 5.74) is 1.48. The lowest BCUT2D eigenvalue weighted by molar-refractivity contribution is -0.135. The summed E-state index contributed by atoms with van der Waals surface area (Å²) in [6.07, 6.45) is 0. The van der Waals surface area contributed by atoms with Gasteiger partial charge in [-0.05, 0) is 24.2 Å². The van der Waals surface area contributed by atoms with Crippen LogP contribution in [0.1, 0.15) is 27.7 Å². The molecule has 2 aliphatic rings. The van der Waals surface area contributed by atoms with E-state index in [4.69, 9.17) is 4.74 Å². The molecule has 0 bridgehead atoms. The van der Waals surface area contributed by atoms with E-state index in [2.05, 4.69) is 27.7 Å². The second kappa shape index (κ2) is 4.28. The predicted octanol–water partition coefficient (Wildman–Crippen LogP) is 4.20. The summed E-state index contributed by atoms with van der Waals surface area (Å²) in [6.45, 7) is 8.80. The van der Waals surface area contributed by atoms with Crippen molar-refractivity contribution in [1.29, 1.82) is 0 Å². The molecule has 1 saturated heterocycles. The molecule has 0 aliphatic carbocycles. The SMILES string of the molecule is COC(=O)C1=CSC2(S1)SC(=C(C)C)C2(C)C. The molecule has 0 saturated carbocycles. The van der Waals surface area contributed by atoms with E-state index in [1.54, 1.807) is 23.5 Å². The number of methoxy groups -OCH3 is 1. The number of ether oxygens (including phenoxy) is 1. The van der Waals surface area contributed by atoms with E-state index in [9.17, 15) is 4.79 Å². The molecular weight excluding hydrogens is 272 g/mol. The van der Waals surface area contributed by atoms with E-state index in [0.717, 1.165) is 4.91 Å². The van der Waals surface area contributed by atoms with Gasteiger partial charge in [0.05, 0.1) is 7.11 Å². The Morgan fingerprint density at radius 2 is 1.94 bits per heavy atom. The molecule has 17 heavy (non-hydrogen) atoms. The summed E-state index contributed by atoms with van der Waals surface area (Å²) in [7, 11) is 1.43. The molecule has 1 atom stereocenters. The molecule has 0 amide bonds. The van der Waals surface area contributed by atoms with Crippen molar-refractivity contribution < 1.29 is 9.53 Å². The number of hydrogen-bond acceptors (Lipinski definition) is 5. The molecule has 1 spiro atoms. The van der Waals surface area contributed by atoms with Crippen molar-refractivity contribution in [3.05, 3.63) is 20.8 Å². The van der Waals surface area contributed by atoms with E-state index in [1.807, 2.05) is 17.2 Å². The van der Waals surface area contributed by atoms with Crippen LogP contribution in [0.15, 0.2) is 20.8 Å². The third-order valence-corrected chi connectivity index (χ3v) is 9.06. The summed E-state index contributed by atoms with van der Waals surface area (Å²) < 4.78 is 4.79. The van der Waals surface area contributed by atoms with Crippen LogP contribution in [0.4, 0.5) is 0 Å². The summed E-state index contributed by atoms with van der Waals surface area (Å²) in [4.78, 5) is 13.7. The van der Waals surface area contributed by atoms with E-state index >= 15 is 0 Å². The summed E-state index contributed by atoms with van der Waals surface area (Å²) in [6, 6.07) is 0. The maximum absolute atomic E-state index is 11.5. The Hall–Kier alpha value is -0.000000000000000111. The average molecular weight is 288 g/mol. The number of thioether (sulfide) groups is 3. The van der Waals surface area contributed by atoms with Crippen LogP contribution in [0.3, 0.4) is 0 Å². The van der Waals surface area contributed by atoms with Gasteiger partial charge >= 0.3 is 5.97 Å². The molecule has 0 radical (unpaired) electrons. The predicted molar refractivity (Wildman–Crippen MR) is 77.8 cm³/mol. The van der Waals surface area contributed by atoms with Gasteiger partial charge in [-0.15, -0.1) is 11.8 Å². The van der Waals surface area contributed by atoms with Crippen LogP contribution < -0.4 is 0 Å². The molecule has 2 aliphatic heterocycles. The molecule has 2 nitrogen and oxygen atoms in total. The van der Waals surface area contributed by atoms with Crippen molar-refractivity contribution in [3.8, 4) is 0 Å². The Kier molecular flexibility index (Phi) is 3.38. The Balaban J connectivity index is 2.19. The van der Waals surface area contributed by atoms with Crippen molar-refractivity contribution >= 4 is 41.3 Å². The normalized spacial score (nSPS) is 29.9. The number of carbonyl (C=O) groups is 1. The van der Waals surface area contributed by atoms with E-state index in [1.165, 1.54) is 17.6 Å². The topological polar surface area (TPSA) is 26.3 Å². The van der Waals surface area contributed by atoms with E-state index in [0.29, 0.717) is 0 Å². The van der Waals surface area contributed by atoms with Crippen LogP contribution in [0, 0.1) is 5.41 Å². The number of allylic oxidation sites excluding steroid dienone is 2. The van der Waals surface area contributed by atoms with Crippen molar-refractivity contribution in [3.63, 3.8) is 0 Å². The van der Waals surface area contributed by atoms with Crippen molar-refractivity contribution in [2.75, 3.05) is 7.11 Å². The third-order valence-electron chi connectivity index (χ3n) is 2.98. The van der Waals surface area contributed by atoms with Gasteiger partial charge < -0.3 is 4.74 Å². The fraction of sp³-hybridized carbons (Fsp3) is 0.583. The fourth-order valence-corrected chi connectivity index (χ4v) is 7.04. The third kappa shape index (κ3) is 1.87. The first-order chi connectivity index (χ1) is 7.84. The zero-order chi connectivity index (χ0) is 12.8. The van der Waals surface area contributed by atoms with Gasteiger partial charge in [-0.25, -0.2) is 4.79 Å². The molecule has 1 fully saturated rings. The molecular formula is C12H16O2S3. The smallest absolute Gasteiger partial charge is 0.344 e. The maximum atomic E-state index is 11.5. The Morgan fingerprint density at radius 3 is 2.41 bits per heavy atom. The zero-order valence-electron chi connectivity index (χ0n) is 10.6. The van der Waals surface area contributed by atoms with Crippen LogP contribution in [0.2, 0.25) is 0 Å². The molecule has 2 heterocycles. The average Bonchev–Trinajstić information content (AvgIpc) is 2.71. The number of carbonyl (C=O) groups excluding carboxylic acids is 1. The lowest BCUT2D eigenvalue weighted by atomic mass is 9.91. The standard InChI is InChI=1S/C12H16O2S3/c1-7(2)9-11(3,4)12(17-9)15-6-8(16-12)10(13)14-5/h6H,1-5H3. The van der Waals surface area contributed by atoms with Crippen LogP contribution in [0.5, 0.6) is 0 Å². The van der Waals surface area contributed by atoms with Crippen molar-refractivity contribution in [1.82, 2.24) is 0 Å². The highest BCUT2D eigenvalue weighted by Gasteiger charge is 2.62. The molecule has 0 aromatic rings. The van der Waals surface area contributed by atoms with Crippen molar-refractivity contribution in [2.45, 2.75) is 31.1 Å².